The maximum atomic E-state index is 12.0. The van der Waals surface area contributed by atoms with Gasteiger partial charge in [-0.05, 0) is 26.0 Å². The minimum absolute atomic E-state index is 0.110. The number of nitrogens with zero attached hydrogens (tertiary/aromatic N) is 1. The van der Waals surface area contributed by atoms with E-state index in [1.807, 2.05) is 0 Å². The average Bonchev–Trinajstić information content (AvgIpc) is 2.27. The summed E-state index contributed by atoms with van der Waals surface area (Å²) in [5.74, 6) is 0. The number of sulfone groups is 1. The van der Waals surface area contributed by atoms with Crippen LogP contribution >= 0.6 is 0 Å². The quantitative estimate of drug-likeness (QED) is 0.757. The zero-order chi connectivity index (χ0) is 14.9. The monoisotopic (exact) mass is 307 g/mol. The molecule has 0 atom stereocenters. The summed E-state index contributed by atoms with van der Waals surface area (Å²) in [6, 6.07) is 2.34. The van der Waals surface area contributed by atoms with Gasteiger partial charge in [-0.3, -0.25) is 0 Å². The van der Waals surface area contributed by atoms with E-state index in [1.165, 1.54) is 6.07 Å². The molecule has 0 saturated heterocycles. The predicted octanol–water partition coefficient (Wildman–Crippen LogP) is -0.499. The van der Waals surface area contributed by atoms with Crippen molar-refractivity contribution in [2.24, 2.45) is 5.73 Å². The van der Waals surface area contributed by atoms with Gasteiger partial charge in [0.05, 0.1) is 0 Å². The Morgan fingerprint density at radius 3 is 2.21 bits per heavy atom. The van der Waals surface area contributed by atoms with E-state index in [4.69, 9.17) is 5.73 Å². The highest BCUT2D eigenvalue weighted by atomic mass is 32.2. The van der Waals surface area contributed by atoms with Gasteiger partial charge in [-0.1, -0.05) is 0 Å². The molecular weight excluding hydrogens is 290 g/mol. The molecule has 0 saturated carbocycles. The van der Waals surface area contributed by atoms with E-state index in [9.17, 15) is 16.8 Å². The van der Waals surface area contributed by atoms with Crippen LogP contribution in [0.5, 0.6) is 0 Å². The van der Waals surface area contributed by atoms with Crippen molar-refractivity contribution in [3.05, 3.63) is 18.3 Å². The Kier molecular flexibility index (Phi) is 4.35. The van der Waals surface area contributed by atoms with E-state index in [0.29, 0.717) is 0 Å². The second-order valence-electron chi connectivity index (χ2n) is 4.80. The Hall–Kier alpha value is -1.03. The number of hydrogen-bond donors (Lipinski definition) is 2. The van der Waals surface area contributed by atoms with Crippen LogP contribution in [0.1, 0.15) is 13.8 Å². The zero-order valence-corrected chi connectivity index (χ0v) is 12.5. The van der Waals surface area contributed by atoms with Crippen molar-refractivity contribution in [1.29, 1.82) is 0 Å². The highest BCUT2D eigenvalue weighted by molar-refractivity contribution is 7.90. The lowest BCUT2D eigenvalue weighted by molar-refractivity contribution is 0.462. The molecule has 0 fully saturated rings. The summed E-state index contributed by atoms with van der Waals surface area (Å²) in [6.07, 6.45) is 2.00. The molecule has 1 heterocycles. The smallest absolute Gasteiger partial charge is 0.242 e. The summed E-state index contributed by atoms with van der Waals surface area (Å²) in [7, 11) is -7.23. The van der Waals surface area contributed by atoms with E-state index in [0.717, 1.165) is 18.5 Å². The molecule has 1 rings (SSSR count). The first kappa shape index (κ1) is 16.0. The Morgan fingerprint density at radius 2 is 1.84 bits per heavy atom. The Labute approximate surface area is 113 Å². The normalized spacial score (nSPS) is 13.5. The van der Waals surface area contributed by atoms with Crippen molar-refractivity contribution in [3.63, 3.8) is 0 Å². The molecule has 0 spiro atoms. The molecule has 9 heteroatoms. The lowest BCUT2D eigenvalue weighted by Gasteiger charge is -2.23. The molecule has 1 aromatic heterocycles. The summed E-state index contributed by atoms with van der Waals surface area (Å²) in [5, 5.41) is -0.176. The fourth-order valence-electron chi connectivity index (χ4n) is 1.21. The molecule has 0 aliphatic carbocycles. The SMILES string of the molecule is CC(C)(CN)NS(=O)(=O)c1ccc(S(C)(=O)=O)nc1. The predicted molar refractivity (Wildman–Crippen MR) is 70.8 cm³/mol. The highest BCUT2D eigenvalue weighted by Gasteiger charge is 2.25. The minimum Gasteiger partial charge on any atom is -0.329 e. The van der Waals surface area contributed by atoms with E-state index in [2.05, 4.69) is 9.71 Å². The van der Waals surface area contributed by atoms with Gasteiger partial charge in [0, 0.05) is 24.5 Å². The van der Waals surface area contributed by atoms with Gasteiger partial charge in [-0.15, -0.1) is 0 Å². The Balaban J connectivity index is 3.11. The van der Waals surface area contributed by atoms with Gasteiger partial charge in [0.15, 0.2) is 14.9 Å². The second kappa shape index (κ2) is 5.16. The Bertz CT molecular complexity index is 649. The van der Waals surface area contributed by atoms with Gasteiger partial charge in [0.1, 0.15) is 4.90 Å². The fraction of sp³-hybridized carbons (Fsp3) is 0.500. The van der Waals surface area contributed by atoms with E-state index in [-0.39, 0.29) is 16.5 Å². The van der Waals surface area contributed by atoms with Crippen LogP contribution in [0.3, 0.4) is 0 Å². The lowest BCUT2D eigenvalue weighted by atomic mass is 10.1. The number of aromatic nitrogens is 1. The first-order valence-corrected chi connectivity index (χ1v) is 8.75. The number of rotatable bonds is 5. The van der Waals surface area contributed by atoms with Crippen LogP contribution in [-0.4, -0.2) is 40.2 Å². The standard InChI is InChI=1S/C10H17N3O4S2/c1-10(2,7-11)13-19(16,17)8-4-5-9(12-6-8)18(3,14)15/h4-6,13H,7,11H2,1-3H3. The van der Waals surface area contributed by atoms with Gasteiger partial charge >= 0.3 is 0 Å². The third-order valence-corrected chi connectivity index (χ3v) is 5.01. The first-order valence-electron chi connectivity index (χ1n) is 5.38. The van der Waals surface area contributed by atoms with Gasteiger partial charge in [0.25, 0.3) is 0 Å². The molecule has 0 radical (unpaired) electrons. The molecule has 0 unspecified atom stereocenters. The largest absolute Gasteiger partial charge is 0.329 e. The molecule has 0 aliphatic heterocycles. The van der Waals surface area contributed by atoms with Crippen LogP contribution in [0.25, 0.3) is 0 Å². The summed E-state index contributed by atoms with van der Waals surface area (Å²) < 4.78 is 48.9. The van der Waals surface area contributed by atoms with Crippen molar-refractivity contribution in [2.75, 3.05) is 12.8 Å². The molecule has 0 bridgehead atoms. The number of pyridine rings is 1. The van der Waals surface area contributed by atoms with Crippen LogP contribution < -0.4 is 10.5 Å². The Morgan fingerprint density at radius 1 is 1.26 bits per heavy atom. The molecule has 1 aromatic rings. The third kappa shape index (κ3) is 4.23. The molecular formula is C10H17N3O4S2. The van der Waals surface area contributed by atoms with Gasteiger partial charge in [-0.2, -0.15) is 0 Å². The minimum atomic E-state index is -3.78. The summed E-state index contributed by atoms with van der Waals surface area (Å²) in [6.45, 7) is 3.41. The van der Waals surface area contributed by atoms with Crippen molar-refractivity contribution in [1.82, 2.24) is 9.71 Å². The van der Waals surface area contributed by atoms with Crippen molar-refractivity contribution in [3.8, 4) is 0 Å². The molecule has 3 N–H and O–H groups in total. The van der Waals surface area contributed by atoms with Crippen molar-refractivity contribution in [2.45, 2.75) is 29.3 Å². The van der Waals surface area contributed by atoms with E-state index in [1.54, 1.807) is 13.8 Å². The number of nitrogens with two attached hydrogens (primary N) is 1. The molecule has 7 nitrogen and oxygen atoms in total. The van der Waals surface area contributed by atoms with Crippen LogP contribution in [0.4, 0.5) is 0 Å². The number of nitrogens with one attached hydrogen (secondary N) is 1. The van der Waals surface area contributed by atoms with Crippen LogP contribution in [0.2, 0.25) is 0 Å². The average molecular weight is 307 g/mol. The molecule has 0 aliphatic rings. The van der Waals surface area contributed by atoms with Gasteiger partial charge < -0.3 is 5.73 Å². The summed E-state index contributed by atoms with van der Waals surface area (Å²) in [5.41, 5.74) is 4.65. The topological polar surface area (TPSA) is 119 Å². The highest BCUT2D eigenvalue weighted by Crippen LogP contribution is 2.13. The second-order valence-corrected chi connectivity index (χ2v) is 8.44. The first-order chi connectivity index (χ1) is 8.48. The van der Waals surface area contributed by atoms with Gasteiger partial charge in [-0.25, -0.2) is 26.5 Å². The zero-order valence-electron chi connectivity index (χ0n) is 10.9. The third-order valence-electron chi connectivity index (χ3n) is 2.32. The van der Waals surface area contributed by atoms with Gasteiger partial charge in [0.2, 0.25) is 10.0 Å². The molecule has 108 valence electrons. The molecule has 19 heavy (non-hydrogen) atoms. The lowest BCUT2D eigenvalue weighted by Crippen LogP contribution is -2.48. The van der Waals surface area contributed by atoms with Crippen LogP contribution in [-0.2, 0) is 19.9 Å². The van der Waals surface area contributed by atoms with E-state index < -0.39 is 25.4 Å². The van der Waals surface area contributed by atoms with Crippen molar-refractivity contribution < 1.29 is 16.8 Å². The number of hydrogen-bond acceptors (Lipinski definition) is 6. The maximum absolute atomic E-state index is 12.0. The van der Waals surface area contributed by atoms with E-state index >= 15 is 0 Å². The fourth-order valence-corrected chi connectivity index (χ4v) is 3.14. The number of sulfonamides is 1. The van der Waals surface area contributed by atoms with Crippen LogP contribution in [0.15, 0.2) is 28.3 Å². The van der Waals surface area contributed by atoms with Crippen molar-refractivity contribution >= 4 is 19.9 Å². The molecule has 0 amide bonds. The van der Waals surface area contributed by atoms with Crippen LogP contribution in [0, 0.1) is 0 Å². The summed E-state index contributed by atoms with van der Waals surface area (Å²) in [4.78, 5) is 3.52. The maximum Gasteiger partial charge on any atom is 0.242 e. The summed E-state index contributed by atoms with van der Waals surface area (Å²) >= 11 is 0. The molecule has 0 aromatic carbocycles.